The lowest BCUT2D eigenvalue weighted by atomic mass is 10.3. The Labute approximate surface area is 128 Å². The third-order valence-electron chi connectivity index (χ3n) is 1.95. The Morgan fingerprint density at radius 2 is 1.40 bits per heavy atom. The number of nitrogens with two attached hydrogens (primary N) is 1. The molecule has 1 aromatic carbocycles. The van der Waals surface area contributed by atoms with E-state index in [1.54, 1.807) is 0 Å². The van der Waals surface area contributed by atoms with Crippen molar-refractivity contribution in [1.29, 1.82) is 0 Å². The highest BCUT2D eigenvalue weighted by Crippen LogP contribution is 2.35. The molecule has 0 atom stereocenters. The van der Waals surface area contributed by atoms with E-state index in [9.17, 15) is 25.3 Å². The molecule has 0 aromatic heterocycles. The van der Waals surface area contributed by atoms with E-state index < -0.39 is 50.7 Å². The molecule has 14 heteroatoms. The molecule has 10 nitrogen and oxygen atoms in total. The largest absolute Gasteiger partial charge is 0.425 e. The fourth-order valence-corrected chi connectivity index (χ4v) is 4.06. The molecule has 0 radical (unpaired) electrons. The van der Waals surface area contributed by atoms with Gasteiger partial charge in [-0.3, -0.25) is 9.11 Å². The van der Waals surface area contributed by atoms with Crippen molar-refractivity contribution in [2.24, 2.45) is 5.14 Å². The molecular formula is C6H6INO9S3. The third kappa shape index (κ3) is 3.77. The highest BCUT2D eigenvalue weighted by molar-refractivity contribution is 14.1. The normalized spacial score (nSPS) is 13.2. The van der Waals surface area contributed by atoms with E-state index in [1.807, 2.05) is 0 Å². The Bertz CT molecular complexity index is 802. The summed E-state index contributed by atoms with van der Waals surface area (Å²) in [6.45, 7) is 0. The van der Waals surface area contributed by atoms with Crippen LogP contribution >= 0.6 is 23.0 Å². The molecule has 0 bridgehead atoms. The fourth-order valence-electron chi connectivity index (χ4n) is 1.18. The van der Waals surface area contributed by atoms with E-state index in [-0.39, 0.29) is 0 Å². The van der Waals surface area contributed by atoms with Crippen LogP contribution in [-0.2, 0) is 30.3 Å². The van der Waals surface area contributed by atoms with Gasteiger partial charge in [-0.05, 0) is 12.1 Å². The number of halogens is 1. The van der Waals surface area contributed by atoms with Gasteiger partial charge in [0, 0.05) is 0 Å². The summed E-state index contributed by atoms with van der Waals surface area (Å²) in [6, 6.07) is 0.723. The molecule has 114 valence electrons. The summed E-state index contributed by atoms with van der Waals surface area (Å²) in [5, 5.41) is 4.79. The first-order valence-corrected chi connectivity index (χ1v) is 9.53. The van der Waals surface area contributed by atoms with Crippen molar-refractivity contribution in [2.75, 3.05) is 0 Å². The molecule has 4 N–H and O–H groups in total. The van der Waals surface area contributed by atoms with Crippen molar-refractivity contribution in [3.63, 3.8) is 0 Å². The molecule has 0 heterocycles. The maximum absolute atomic E-state index is 11.3. The first-order chi connectivity index (χ1) is 8.78. The molecule has 1 aromatic rings. The first-order valence-electron chi connectivity index (χ1n) is 4.23. The average Bonchev–Trinajstić information content (AvgIpc) is 2.23. The molecule has 0 aliphatic heterocycles. The van der Waals surface area contributed by atoms with Crippen molar-refractivity contribution >= 4 is 53.3 Å². The van der Waals surface area contributed by atoms with Gasteiger partial charge in [-0.1, -0.05) is 0 Å². The van der Waals surface area contributed by atoms with E-state index >= 15 is 0 Å². The van der Waals surface area contributed by atoms with Gasteiger partial charge in [0.05, 0.1) is 4.90 Å². The summed E-state index contributed by atoms with van der Waals surface area (Å²) >= 11 is 1.11. The summed E-state index contributed by atoms with van der Waals surface area (Å²) in [5.74, 6) is -0.886. The van der Waals surface area contributed by atoms with Crippen molar-refractivity contribution < 1.29 is 37.4 Å². The second-order valence-electron chi connectivity index (χ2n) is 3.32. The smallest absolute Gasteiger partial charge is 0.298 e. The van der Waals surface area contributed by atoms with Gasteiger partial charge in [0.25, 0.3) is 20.2 Å². The monoisotopic (exact) mass is 459 g/mol. The van der Waals surface area contributed by atoms with Crippen LogP contribution in [0, 0.1) is 0 Å². The Morgan fingerprint density at radius 3 is 1.70 bits per heavy atom. The quantitative estimate of drug-likeness (QED) is 0.398. The Balaban J connectivity index is 4.06. The fraction of sp³-hybridized carbons (Fsp3) is 0. The predicted octanol–water partition coefficient (Wildman–Crippen LogP) is -0.444. The summed E-state index contributed by atoms with van der Waals surface area (Å²) in [6.07, 6.45) is 0. The molecule has 0 aliphatic rings. The van der Waals surface area contributed by atoms with Gasteiger partial charge in [0.15, 0.2) is 28.8 Å². The van der Waals surface area contributed by atoms with Crippen LogP contribution in [0.2, 0.25) is 0 Å². The number of hydrogen-bond acceptors (Lipinski definition) is 7. The molecule has 0 unspecified atom stereocenters. The van der Waals surface area contributed by atoms with Crippen molar-refractivity contribution in [1.82, 2.24) is 0 Å². The third-order valence-corrected chi connectivity index (χ3v) is 5.00. The minimum Gasteiger partial charge on any atom is -0.425 e. The summed E-state index contributed by atoms with van der Waals surface area (Å²) in [7, 11) is -14.6. The van der Waals surface area contributed by atoms with Crippen LogP contribution < -0.4 is 8.21 Å². The standard InChI is InChI=1S/C6H6INO9S3/c7-17-6-4(18(8,9)10)1-3(19(11,12)13)2-5(6)20(14,15)16/h1-2H,(H2,8,9,10)(H,11,12,13)(H,14,15,16). The van der Waals surface area contributed by atoms with E-state index in [0.717, 1.165) is 23.0 Å². The van der Waals surface area contributed by atoms with Crippen molar-refractivity contribution in [3.05, 3.63) is 12.1 Å². The zero-order chi connectivity index (χ0) is 15.9. The van der Waals surface area contributed by atoms with Crippen LogP contribution in [0.5, 0.6) is 5.75 Å². The summed E-state index contributed by atoms with van der Waals surface area (Å²) < 4.78 is 89.2. The minimum absolute atomic E-state index is 0.327. The van der Waals surface area contributed by atoms with Crippen molar-refractivity contribution in [2.45, 2.75) is 14.7 Å². The van der Waals surface area contributed by atoms with Gasteiger partial charge in [0.2, 0.25) is 10.0 Å². The Kier molecular flexibility index (Phi) is 4.69. The number of benzene rings is 1. The number of sulfonamides is 1. The molecule has 0 aliphatic carbocycles. The lowest BCUT2D eigenvalue weighted by molar-refractivity contribution is 0.477. The average molecular weight is 459 g/mol. The van der Waals surface area contributed by atoms with E-state index in [0.29, 0.717) is 12.1 Å². The minimum atomic E-state index is -5.04. The molecule has 0 amide bonds. The Morgan fingerprint density at radius 1 is 0.950 bits per heavy atom. The zero-order valence-electron chi connectivity index (χ0n) is 9.09. The number of primary sulfonamides is 1. The topological polar surface area (TPSA) is 178 Å². The van der Waals surface area contributed by atoms with Gasteiger partial charge >= 0.3 is 0 Å². The molecule has 0 spiro atoms. The highest BCUT2D eigenvalue weighted by Gasteiger charge is 2.29. The SMILES string of the molecule is NS(=O)(=O)c1cc(S(=O)(=O)O)cc(S(=O)(=O)O)c1OI. The van der Waals surface area contributed by atoms with Crippen LogP contribution in [0.4, 0.5) is 0 Å². The summed E-state index contributed by atoms with van der Waals surface area (Å²) in [4.78, 5) is -3.30. The van der Waals surface area contributed by atoms with Gasteiger partial charge in [-0.2, -0.15) is 16.8 Å². The number of rotatable bonds is 4. The maximum atomic E-state index is 11.3. The Hall–Kier alpha value is -0.520. The van der Waals surface area contributed by atoms with E-state index in [4.69, 9.17) is 14.2 Å². The molecule has 0 saturated heterocycles. The van der Waals surface area contributed by atoms with E-state index in [2.05, 4.69) is 3.07 Å². The lowest BCUT2D eigenvalue weighted by Crippen LogP contribution is -2.16. The zero-order valence-corrected chi connectivity index (χ0v) is 13.7. The van der Waals surface area contributed by atoms with Crippen molar-refractivity contribution in [3.8, 4) is 5.75 Å². The molecule has 20 heavy (non-hydrogen) atoms. The van der Waals surface area contributed by atoms with E-state index in [1.165, 1.54) is 0 Å². The van der Waals surface area contributed by atoms with Gasteiger partial charge in [0.1, 0.15) is 9.79 Å². The highest BCUT2D eigenvalue weighted by atomic mass is 127. The summed E-state index contributed by atoms with van der Waals surface area (Å²) in [5.41, 5.74) is 0. The van der Waals surface area contributed by atoms with Gasteiger partial charge in [-0.15, -0.1) is 0 Å². The van der Waals surface area contributed by atoms with Crippen LogP contribution in [0.3, 0.4) is 0 Å². The second kappa shape index (κ2) is 5.35. The van der Waals surface area contributed by atoms with Crippen LogP contribution in [0.15, 0.2) is 26.8 Å². The first kappa shape index (κ1) is 17.5. The van der Waals surface area contributed by atoms with Crippen LogP contribution in [0.1, 0.15) is 0 Å². The molecule has 0 saturated carbocycles. The van der Waals surface area contributed by atoms with Crippen LogP contribution in [0.25, 0.3) is 0 Å². The van der Waals surface area contributed by atoms with Gasteiger partial charge in [-0.25, -0.2) is 13.6 Å². The second-order valence-corrected chi connectivity index (χ2v) is 8.10. The molecule has 0 fully saturated rings. The maximum Gasteiger partial charge on any atom is 0.298 e. The predicted molar refractivity (Wildman–Crippen MR) is 72.1 cm³/mol. The molecular weight excluding hydrogens is 453 g/mol. The van der Waals surface area contributed by atoms with Gasteiger partial charge < -0.3 is 3.07 Å². The number of hydrogen-bond donors (Lipinski definition) is 3. The molecule has 1 rings (SSSR count). The lowest BCUT2D eigenvalue weighted by Gasteiger charge is -2.10. The van der Waals surface area contributed by atoms with Crippen LogP contribution in [-0.4, -0.2) is 34.4 Å².